The SMILES string of the molecule is CC(C)c1nn(-c2nccs2)cc1C(=O)NNc1ccc(Cl)cc1Cl. The highest BCUT2D eigenvalue weighted by Crippen LogP contribution is 2.25. The van der Waals surface area contributed by atoms with E-state index in [1.54, 1.807) is 35.3 Å². The molecule has 0 bridgehead atoms. The monoisotopic (exact) mass is 395 g/mol. The minimum absolute atomic E-state index is 0.0843. The quantitative estimate of drug-likeness (QED) is 0.623. The largest absolute Gasteiger partial charge is 0.297 e. The summed E-state index contributed by atoms with van der Waals surface area (Å²) in [6.45, 7) is 3.96. The van der Waals surface area contributed by atoms with Gasteiger partial charge in [0, 0.05) is 22.8 Å². The van der Waals surface area contributed by atoms with Crippen LogP contribution in [0.25, 0.3) is 5.13 Å². The van der Waals surface area contributed by atoms with Crippen molar-refractivity contribution < 1.29 is 4.79 Å². The lowest BCUT2D eigenvalue weighted by Crippen LogP contribution is -2.30. The van der Waals surface area contributed by atoms with E-state index in [4.69, 9.17) is 23.2 Å². The highest BCUT2D eigenvalue weighted by Gasteiger charge is 2.20. The zero-order chi connectivity index (χ0) is 18.0. The number of amides is 1. The molecule has 25 heavy (non-hydrogen) atoms. The molecule has 0 atom stereocenters. The Kier molecular flexibility index (Phi) is 5.27. The van der Waals surface area contributed by atoms with E-state index in [1.165, 1.54) is 11.3 Å². The molecule has 3 aromatic rings. The van der Waals surface area contributed by atoms with E-state index >= 15 is 0 Å². The van der Waals surface area contributed by atoms with Crippen LogP contribution in [-0.2, 0) is 0 Å². The molecule has 130 valence electrons. The zero-order valence-corrected chi connectivity index (χ0v) is 15.8. The number of benzene rings is 1. The molecule has 2 N–H and O–H groups in total. The van der Waals surface area contributed by atoms with E-state index in [1.807, 2.05) is 19.2 Å². The third-order valence-corrected chi connectivity index (χ3v) is 4.70. The first-order valence-electron chi connectivity index (χ1n) is 7.46. The molecule has 0 unspecified atom stereocenters. The smallest absolute Gasteiger partial charge is 0.273 e. The van der Waals surface area contributed by atoms with Crippen LogP contribution in [0.2, 0.25) is 10.0 Å². The van der Waals surface area contributed by atoms with Gasteiger partial charge in [-0.25, -0.2) is 9.67 Å². The van der Waals surface area contributed by atoms with Crippen molar-refractivity contribution >= 4 is 46.1 Å². The normalized spacial score (nSPS) is 10.9. The fourth-order valence-electron chi connectivity index (χ4n) is 2.20. The van der Waals surface area contributed by atoms with Crippen LogP contribution in [0.5, 0.6) is 0 Å². The topological polar surface area (TPSA) is 71.8 Å². The Bertz CT molecular complexity index is 892. The molecule has 1 aromatic carbocycles. The number of hydrazine groups is 1. The molecule has 2 aromatic heterocycles. The van der Waals surface area contributed by atoms with Gasteiger partial charge in [0.25, 0.3) is 5.91 Å². The maximum atomic E-state index is 12.6. The number of carbonyl (C=O) groups is 1. The molecule has 6 nitrogen and oxygen atoms in total. The molecule has 0 aliphatic carbocycles. The van der Waals surface area contributed by atoms with Gasteiger partial charge in [0.1, 0.15) is 0 Å². The van der Waals surface area contributed by atoms with Gasteiger partial charge in [0.05, 0.1) is 22.0 Å². The molecule has 0 saturated heterocycles. The van der Waals surface area contributed by atoms with Gasteiger partial charge in [0.15, 0.2) is 0 Å². The minimum atomic E-state index is -0.308. The van der Waals surface area contributed by atoms with Gasteiger partial charge in [-0.1, -0.05) is 37.0 Å². The number of carbonyl (C=O) groups excluding carboxylic acids is 1. The van der Waals surface area contributed by atoms with Crippen LogP contribution >= 0.6 is 34.5 Å². The summed E-state index contributed by atoms with van der Waals surface area (Å²) < 4.78 is 1.62. The third-order valence-electron chi connectivity index (χ3n) is 3.39. The number of rotatable bonds is 5. The average molecular weight is 396 g/mol. The first-order valence-corrected chi connectivity index (χ1v) is 9.10. The first kappa shape index (κ1) is 17.7. The Morgan fingerprint density at radius 3 is 2.76 bits per heavy atom. The van der Waals surface area contributed by atoms with E-state index in [0.717, 1.165) is 0 Å². The Balaban J connectivity index is 1.81. The molecule has 0 fully saturated rings. The first-order chi connectivity index (χ1) is 12.0. The van der Waals surface area contributed by atoms with Crippen molar-refractivity contribution in [2.45, 2.75) is 19.8 Å². The molecule has 0 radical (unpaired) electrons. The summed E-state index contributed by atoms with van der Waals surface area (Å²) in [6.07, 6.45) is 3.37. The molecule has 0 spiro atoms. The highest BCUT2D eigenvalue weighted by atomic mass is 35.5. The predicted octanol–water partition coefficient (Wildman–Crippen LogP) is 4.52. The Hall–Kier alpha value is -2.09. The predicted molar refractivity (Wildman–Crippen MR) is 101 cm³/mol. The van der Waals surface area contributed by atoms with E-state index in [2.05, 4.69) is 20.9 Å². The van der Waals surface area contributed by atoms with Crippen molar-refractivity contribution in [2.24, 2.45) is 0 Å². The lowest BCUT2D eigenvalue weighted by molar-refractivity contribution is 0.0961. The van der Waals surface area contributed by atoms with Gasteiger partial charge >= 0.3 is 0 Å². The van der Waals surface area contributed by atoms with Crippen LogP contribution in [0.3, 0.4) is 0 Å². The molecule has 9 heteroatoms. The molecule has 2 heterocycles. The number of hydrogen-bond donors (Lipinski definition) is 2. The standard InChI is InChI=1S/C16H15Cl2N5OS/c1-9(2)14-11(8-23(22-14)16-19-5-6-25-16)15(24)21-20-13-4-3-10(17)7-12(13)18/h3-9,20H,1-2H3,(H,21,24). The lowest BCUT2D eigenvalue weighted by atomic mass is 10.1. The summed E-state index contributed by atoms with van der Waals surface area (Å²) in [4.78, 5) is 16.8. The van der Waals surface area contributed by atoms with Crippen LogP contribution < -0.4 is 10.9 Å². The van der Waals surface area contributed by atoms with Gasteiger partial charge in [-0.15, -0.1) is 11.3 Å². The fourth-order valence-corrected chi connectivity index (χ4v) is 3.22. The summed E-state index contributed by atoms with van der Waals surface area (Å²) in [5.41, 5.74) is 7.17. The van der Waals surface area contributed by atoms with E-state index < -0.39 is 0 Å². The second-order valence-corrected chi connectivity index (χ2v) is 7.26. The number of nitrogens with one attached hydrogen (secondary N) is 2. The minimum Gasteiger partial charge on any atom is -0.297 e. The van der Waals surface area contributed by atoms with Gasteiger partial charge in [0.2, 0.25) is 5.13 Å². The van der Waals surface area contributed by atoms with E-state index in [9.17, 15) is 4.79 Å². The van der Waals surface area contributed by atoms with Crippen molar-refractivity contribution in [3.63, 3.8) is 0 Å². The number of hydrogen-bond acceptors (Lipinski definition) is 5. The number of anilines is 1. The number of aromatic nitrogens is 3. The number of halogens is 2. The maximum Gasteiger partial charge on any atom is 0.273 e. The highest BCUT2D eigenvalue weighted by molar-refractivity contribution is 7.12. The lowest BCUT2D eigenvalue weighted by Gasteiger charge is -2.10. The molecule has 0 aliphatic heterocycles. The van der Waals surface area contributed by atoms with Crippen LogP contribution in [0.4, 0.5) is 5.69 Å². The Labute approximate surface area is 158 Å². The van der Waals surface area contributed by atoms with Gasteiger partial charge < -0.3 is 0 Å². The van der Waals surface area contributed by atoms with E-state index in [0.29, 0.717) is 32.1 Å². The van der Waals surface area contributed by atoms with Gasteiger partial charge in [-0.3, -0.25) is 15.6 Å². The van der Waals surface area contributed by atoms with Crippen LogP contribution in [0.1, 0.15) is 35.8 Å². The van der Waals surface area contributed by atoms with Crippen molar-refractivity contribution in [3.05, 3.63) is 57.3 Å². The fraction of sp³-hybridized carbons (Fsp3) is 0.188. The third kappa shape index (κ3) is 3.95. The van der Waals surface area contributed by atoms with E-state index in [-0.39, 0.29) is 11.8 Å². The maximum absolute atomic E-state index is 12.6. The van der Waals surface area contributed by atoms with Crippen LogP contribution in [-0.4, -0.2) is 20.7 Å². The van der Waals surface area contributed by atoms with Crippen molar-refractivity contribution in [1.82, 2.24) is 20.2 Å². The van der Waals surface area contributed by atoms with Gasteiger partial charge in [-0.05, 0) is 24.1 Å². The summed E-state index contributed by atoms with van der Waals surface area (Å²) >= 11 is 13.4. The average Bonchev–Trinajstić information content (AvgIpc) is 3.23. The summed E-state index contributed by atoms with van der Waals surface area (Å²) in [6, 6.07) is 4.97. The number of nitrogens with zero attached hydrogens (tertiary/aromatic N) is 3. The second-order valence-electron chi connectivity index (χ2n) is 5.55. The number of thiazole rings is 1. The molecule has 0 aliphatic rings. The molecule has 3 rings (SSSR count). The summed E-state index contributed by atoms with van der Waals surface area (Å²) in [7, 11) is 0. The van der Waals surface area contributed by atoms with Crippen molar-refractivity contribution in [3.8, 4) is 5.13 Å². The molecular weight excluding hydrogens is 381 g/mol. The molecule has 0 saturated carbocycles. The van der Waals surface area contributed by atoms with Crippen molar-refractivity contribution in [1.29, 1.82) is 0 Å². The van der Waals surface area contributed by atoms with Crippen LogP contribution in [0.15, 0.2) is 36.0 Å². The summed E-state index contributed by atoms with van der Waals surface area (Å²) in [5.74, 6) is -0.224. The van der Waals surface area contributed by atoms with Crippen molar-refractivity contribution in [2.75, 3.05) is 5.43 Å². The Morgan fingerprint density at radius 1 is 1.32 bits per heavy atom. The Morgan fingerprint density at radius 2 is 2.12 bits per heavy atom. The molecule has 1 amide bonds. The summed E-state index contributed by atoms with van der Waals surface area (Å²) in [5, 5.41) is 7.98. The zero-order valence-electron chi connectivity index (χ0n) is 13.5. The molecular formula is C16H15Cl2N5OS. The van der Waals surface area contributed by atoms with Gasteiger partial charge in [-0.2, -0.15) is 5.10 Å². The second kappa shape index (κ2) is 7.43. The van der Waals surface area contributed by atoms with Crippen LogP contribution in [0, 0.1) is 0 Å².